The van der Waals surface area contributed by atoms with Gasteiger partial charge in [0.25, 0.3) is 0 Å². The summed E-state index contributed by atoms with van der Waals surface area (Å²) >= 11 is 0. The van der Waals surface area contributed by atoms with Crippen LogP contribution in [0.25, 0.3) is 0 Å². The number of carbonyl (C=O) groups excluding carboxylic acids is 1. The van der Waals surface area contributed by atoms with Gasteiger partial charge in [-0.05, 0) is 49.9 Å². The number of aliphatic hydroxyl groups is 1. The average Bonchev–Trinajstić information content (AvgIpc) is 2.26. The number of amides is 1. The lowest BCUT2D eigenvalue weighted by molar-refractivity contribution is -0.116. The van der Waals surface area contributed by atoms with E-state index in [1.165, 1.54) is 0 Å². The Labute approximate surface area is 101 Å². The second kappa shape index (κ2) is 6.25. The predicted octanol–water partition coefficient (Wildman–Crippen LogP) is 2.11. The molecule has 1 rings (SSSR count). The van der Waals surface area contributed by atoms with Crippen LogP contribution in [0, 0.1) is 13.8 Å². The summed E-state index contributed by atoms with van der Waals surface area (Å²) in [5.74, 6) is 0.174. The van der Waals surface area contributed by atoms with Gasteiger partial charge in [-0.25, -0.2) is 0 Å². The van der Waals surface area contributed by atoms with Crippen molar-refractivity contribution in [2.45, 2.75) is 33.1 Å². The summed E-state index contributed by atoms with van der Waals surface area (Å²) in [6, 6.07) is 3.40. The lowest BCUT2D eigenvalue weighted by atomic mass is 10.1. The number of hydrogen-bond acceptors (Lipinski definition) is 3. The summed E-state index contributed by atoms with van der Waals surface area (Å²) in [5.41, 5.74) is 2.30. The largest absolute Gasteiger partial charge is 0.508 e. The zero-order valence-corrected chi connectivity index (χ0v) is 10.3. The molecule has 17 heavy (non-hydrogen) atoms. The summed E-state index contributed by atoms with van der Waals surface area (Å²) in [6.07, 6.45) is 1.72. The molecule has 1 aromatic carbocycles. The second-order valence-electron chi connectivity index (χ2n) is 4.18. The van der Waals surface area contributed by atoms with Crippen LogP contribution in [0.4, 0.5) is 5.69 Å². The Morgan fingerprint density at radius 1 is 1.24 bits per heavy atom. The smallest absolute Gasteiger partial charge is 0.224 e. The van der Waals surface area contributed by atoms with Crippen LogP contribution in [-0.2, 0) is 4.79 Å². The van der Waals surface area contributed by atoms with Crippen LogP contribution in [0.1, 0.15) is 30.4 Å². The SMILES string of the molecule is Cc1cc(NC(=O)CCCCO)c(C)cc1O. The summed E-state index contributed by atoms with van der Waals surface area (Å²) in [5, 5.41) is 20.9. The van der Waals surface area contributed by atoms with Gasteiger partial charge in [0.15, 0.2) is 0 Å². The molecule has 94 valence electrons. The minimum absolute atomic E-state index is 0.0633. The van der Waals surface area contributed by atoms with Crippen LogP contribution in [0.5, 0.6) is 5.75 Å². The number of rotatable bonds is 5. The minimum atomic E-state index is -0.0633. The van der Waals surface area contributed by atoms with E-state index in [0.717, 1.165) is 16.8 Å². The summed E-state index contributed by atoms with van der Waals surface area (Å²) in [7, 11) is 0. The van der Waals surface area contributed by atoms with Crippen molar-refractivity contribution >= 4 is 11.6 Å². The molecule has 1 amide bonds. The molecule has 4 nitrogen and oxygen atoms in total. The summed E-state index contributed by atoms with van der Waals surface area (Å²) in [6.45, 7) is 3.74. The lowest BCUT2D eigenvalue weighted by Crippen LogP contribution is -2.12. The molecule has 0 aliphatic rings. The van der Waals surface area contributed by atoms with Crippen LogP contribution < -0.4 is 5.32 Å². The highest BCUT2D eigenvalue weighted by Crippen LogP contribution is 2.25. The molecule has 0 spiro atoms. The van der Waals surface area contributed by atoms with E-state index in [4.69, 9.17) is 5.11 Å². The van der Waals surface area contributed by atoms with E-state index in [1.54, 1.807) is 19.1 Å². The van der Waals surface area contributed by atoms with E-state index in [-0.39, 0.29) is 18.3 Å². The van der Waals surface area contributed by atoms with Crippen molar-refractivity contribution in [3.05, 3.63) is 23.3 Å². The molecule has 0 aliphatic heterocycles. The predicted molar refractivity (Wildman–Crippen MR) is 67.1 cm³/mol. The van der Waals surface area contributed by atoms with Gasteiger partial charge in [-0.15, -0.1) is 0 Å². The van der Waals surface area contributed by atoms with Crippen LogP contribution in [0.15, 0.2) is 12.1 Å². The number of benzene rings is 1. The van der Waals surface area contributed by atoms with Gasteiger partial charge in [0.1, 0.15) is 5.75 Å². The van der Waals surface area contributed by atoms with Gasteiger partial charge in [0.2, 0.25) is 5.91 Å². The van der Waals surface area contributed by atoms with Gasteiger partial charge >= 0.3 is 0 Å². The van der Waals surface area contributed by atoms with Gasteiger partial charge in [-0.2, -0.15) is 0 Å². The third kappa shape index (κ3) is 4.07. The number of phenols is 1. The fourth-order valence-corrected chi connectivity index (χ4v) is 1.55. The number of phenolic OH excluding ortho intramolecular Hbond substituents is 1. The Bertz CT molecular complexity index is 402. The highest BCUT2D eigenvalue weighted by molar-refractivity contribution is 5.91. The van der Waals surface area contributed by atoms with Crippen molar-refractivity contribution in [2.24, 2.45) is 0 Å². The quantitative estimate of drug-likeness (QED) is 0.542. The number of aliphatic hydroxyl groups excluding tert-OH is 1. The number of nitrogens with one attached hydrogen (secondary N) is 1. The molecule has 4 heteroatoms. The Hall–Kier alpha value is -1.55. The molecule has 1 aromatic rings. The van der Waals surface area contributed by atoms with E-state index >= 15 is 0 Å². The fraction of sp³-hybridized carbons (Fsp3) is 0.462. The maximum absolute atomic E-state index is 11.6. The van der Waals surface area contributed by atoms with Gasteiger partial charge in [0, 0.05) is 18.7 Å². The molecular weight excluding hydrogens is 218 g/mol. The van der Waals surface area contributed by atoms with Crippen molar-refractivity contribution in [1.82, 2.24) is 0 Å². The highest BCUT2D eigenvalue weighted by atomic mass is 16.3. The first-order valence-corrected chi connectivity index (χ1v) is 5.75. The minimum Gasteiger partial charge on any atom is -0.508 e. The Morgan fingerprint density at radius 3 is 2.59 bits per heavy atom. The first-order chi connectivity index (χ1) is 8.04. The normalized spacial score (nSPS) is 10.3. The monoisotopic (exact) mass is 237 g/mol. The zero-order valence-electron chi connectivity index (χ0n) is 10.3. The lowest BCUT2D eigenvalue weighted by Gasteiger charge is -2.10. The average molecular weight is 237 g/mol. The topological polar surface area (TPSA) is 69.6 Å². The van der Waals surface area contributed by atoms with Gasteiger partial charge in [-0.3, -0.25) is 4.79 Å². The van der Waals surface area contributed by atoms with Crippen LogP contribution in [0.2, 0.25) is 0 Å². The fourth-order valence-electron chi connectivity index (χ4n) is 1.55. The molecule has 0 radical (unpaired) electrons. The Balaban J connectivity index is 2.62. The molecule has 3 N–H and O–H groups in total. The Kier molecular flexibility index (Phi) is 4.97. The molecule has 0 aromatic heterocycles. The van der Waals surface area contributed by atoms with Crippen LogP contribution >= 0.6 is 0 Å². The molecule has 0 fully saturated rings. The second-order valence-corrected chi connectivity index (χ2v) is 4.18. The third-order valence-corrected chi connectivity index (χ3v) is 2.63. The van der Waals surface area contributed by atoms with Crippen molar-refractivity contribution in [3.63, 3.8) is 0 Å². The molecule has 0 aliphatic carbocycles. The number of carbonyl (C=O) groups is 1. The first kappa shape index (κ1) is 13.5. The van der Waals surface area contributed by atoms with Crippen molar-refractivity contribution in [3.8, 4) is 5.75 Å². The number of hydrogen-bond donors (Lipinski definition) is 3. The van der Waals surface area contributed by atoms with Crippen molar-refractivity contribution in [2.75, 3.05) is 11.9 Å². The van der Waals surface area contributed by atoms with Crippen molar-refractivity contribution in [1.29, 1.82) is 0 Å². The summed E-state index contributed by atoms with van der Waals surface area (Å²) in [4.78, 5) is 11.6. The molecule has 0 saturated heterocycles. The van der Waals surface area contributed by atoms with E-state index in [0.29, 0.717) is 19.3 Å². The van der Waals surface area contributed by atoms with Crippen LogP contribution in [-0.4, -0.2) is 22.7 Å². The van der Waals surface area contributed by atoms with E-state index in [1.807, 2.05) is 6.92 Å². The molecule has 0 atom stereocenters. The maximum atomic E-state index is 11.6. The van der Waals surface area contributed by atoms with Crippen LogP contribution in [0.3, 0.4) is 0 Å². The van der Waals surface area contributed by atoms with E-state index in [9.17, 15) is 9.90 Å². The van der Waals surface area contributed by atoms with Crippen molar-refractivity contribution < 1.29 is 15.0 Å². The maximum Gasteiger partial charge on any atom is 0.224 e. The highest BCUT2D eigenvalue weighted by Gasteiger charge is 2.07. The number of unbranched alkanes of at least 4 members (excludes halogenated alkanes) is 1. The number of aromatic hydroxyl groups is 1. The van der Waals surface area contributed by atoms with Gasteiger partial charge in [0.05, 0.1) is 0 Å². The summed E-state index contributed by atoms with van der Waals surface area (Å²) < 4.78 is 0. The molecule has 0 saturated carbocycles. The molecule has 0 unspecified atom stereocenters. The first-order valence-electron chi connectivity index (χ1n) is 5.75. The van der Waals surface area contributed by atoms with Gasteiger partial charge < -0.3 is 15.5 Å². The van der Waals surface area contributed by atoms with Gasteiger partial charge in [-0.1, -0.05) is 0 Å². The van der Waals surface area contributed by atoms with E-state index in [2.05, 4.69) is 5.32 Å². The molecule has 0 bridgehead atoms. The van der Waals surface area contributed by atoms with E-state index < -0.39 is 0 Å². The number of aryl methyl sites for hydroxylation is 2. The third-order valence-electron chi connectivity index (χ3n) is 2.63. The number of anilines is 1. The molecular formula is C13H19NO3. The zero-order chi connectivity index (χ0) is 12.8. The Morgan fingerprint density at radius 2 is 1.94 bits per heavy atom. The molecule has 0 heterocycles. The standard InChI is InChI=1S/C13H19NO3/c1-9-8-12(16)10(2)7-11(9)14-13(17)5-3-4-6-15/h7-8,15-16H,3-6H2,1-2H3,(H,14,17).